The number of fused-ring (bicyclic) bond motifs is 1. The van der Waals surface area contributed by atoms with E-state index >= 15 is 0 Å². The fourth-order valence-electron chi connectivity index (χ4n) is 1.78. The standard InChI is InChI=1S/C11H12ClN/c1-2-8-7-10(12)9-5-3-4-6-11(9)13-8/h2,7H,1,3-6H2. The molecule has 0 saturated carbocycles. The topological polar surface area (TPSA) is 12.9 Å². The van der Waals surface area contributed by atoms with Gasteiger partial charge in [-0.3, -0.25) is 4.98 Å². The van der Waals surface area contributed by atoms with Crippen molar-refractivity contribution in [3.63, 3.8) is 0 Å². The number of nitrogens with zero attached hydrogens (tertiary/aromatic N) is 1. The highest BCUT2D eigenvalue weighted by Crippen LogP contribution is 2.27. The molecule has 0 bridgehead atoms. The van der Waals surface area contributed by atoms with Crippen LogP contribution in [0.2, 0.25) is 5.02 Å². The van der Waals surface area contributed by atoms with E-state index < -0.39 is 0 Å². The van der Waals surface area contributed by atoms with Crippen LogP contribution in [-0.2, 0) is 12.8 Å². The summed E-state index contributed by atoms with van der Waals surface area (Å²) in [6, 6.07) is 1.90. The van der Waals surface area contributed by atoms with Crippen molar-refractivity contribution in [1.82, 2.24) is 4.98 Å². The molecule has 1 aromatic heterocycles. The zero-order valence-electron chi connectivity index (χ0n) is 7.52. The molecule has 13 heavy (non-hydrogen) atoms. The molecule has 68 valence electrons. The van der Waals surface area contributed by atoms with Crippen molar-refractivity contribution >= 4 is 17.7 Å². The Kier molecular flexibility index (Phi) is 2.36. The van der Waals surface area contributed by atoms with Gasteiger partial charge in [0.1, 0.15) is 0 Å². The first kappa shape index (κ1) is 8.76. The Labute approximate surface area is 83.4 Å². The molecule has 2 heteroatoms. The number of aryl methyl sites for hydroxylation is 1. The molecular weight excluding hydrogens is 182 g/mol. The molecule has 1 heterocycles. The second-order valence-corrected chi connectivity index (χ2v) is 3.77. The van der Waals surface area contributed by atoms with Crippen LogP contribution in [0.25, 0.3) is 6.08 Å². The van der Waals surface area contributed by atoms with Crippen molar-refractivity contribution in [1.29, 1.82) is 0 Å². The summed E-state index contributed by atoms with van der Waals surface area (Å²) in [7, 11) is 0. The van der Waals surface area contributed by atoms with E-state index in [2.05, 4.69) is 11.6 Å². The normalized spacial score (nSPS) is 15.2. The predicted molar refractivity (Wildman–Crippen MR) is 56.0 cm³/mol. The first-order valence-electron chi connectivity index (χ1n) is 4.62. The summed E-state index contributed by atoms with van der Waals surface area (Å²) in [5.41, 5.74) is 3.32. The highest BCUT2D eigenvalue weighted by Gasteiger charge is 2.14. The lowest BCUT2D eigenvalue weighted by Crippen LogP contribution is -2.06. The first-order chi connectivity index (χ1) is 6.31. The molecule has 0 amide bonds. The van der Waals surface area contributed by atoms with E-state index in [1.165, 1.54) is 24.1 Å². The van der Waals surface area contributed by atoms with Gasteiger partial charge < -0.3 is 0 Å². The summed E-state index contributed by atoms with van der Waals surface area (Å²) in [4.78, 5) is 4.49. The predicted octanol–water partition coefficient (Wildman–Crippen LogP) is 3.26. The molecule has 0 aliphatic heterocycles. The van der Waals surface area contributed by atoms with E-state index in [4.69, 9.17) is 11.6 Å². The van der Waals surface area contributed by atoms with Gasteiger partial charge in [0.15, 0.2) is 0 Å². The maximum Gasteiger partial charge on any atom is 0.0642 e. The summed E-state index contributed by atoms with van der Waals surface area (Å²) < 4.78 is 0. The summed E-state index contributed by atoms with van der Waals surface area (Å²) >= 11 is 6.14. The van der Waals surface area contributed by atoms with Crippen molar-refractivity contribution in [2.45, 2.75) is 25.7 Å². The maximum atomic E-state index is 6.14. The number of hydrogen-bond donors (Lipinski definition) is 0. The lowest BCUT2D eigenvalue weighted by atomic mass is 9.96. The fourth-order valence-corrected chi connectivity index (χ4v) is 2.10. The molecule has 1 aliphatic rings. The molecule has 1 aromatic rings. The van der Waals surface area contributed by atoms with Crippen LogP contribution in [0.1, 0.15) is 29.8 Å². The molecule has 0 radical (unpaired) electrons. The number of aromatic nitrogens is 1. The van der Waals surface area contributed by atoms with Crippen molar-refractivity contribution in [3.05, 3.63) is 34.6 Å². The third kappa shape index (κ3) is 1.61. The number of halogens is 1. The minimum atomic E-state index is 0.861. The van der Waals surface area contributed by atoms with Crippen molar-refractivity contribution in [2.24, 2.45) is 0 Å². The Morgan fingerprint density at radius 2 is 2.15 bits per heavy atom. The molecule has 2 rings (SSSR count). The average Bonchev–Trinajstić information content (AvgIpc) is 2.18. The van der Waals surface area contributed by atoms with E-state index in [9.17, 15) is 0 Å². The van der Waals surface area contributed by atoms with E-state index in [-0.39, 0.29) is 0 Å². The number of pyridine rings is 1. The molecule has 0 saturated heterocycles. The van der Waals surface area contributed by atoms with Crippen LogP contribution in [0, 0.1) is 0 Å². The second-order valence-electron chi connectivity index (χ2n) is 3.37. The molecule has 0 aromatic carbocycles. The lowest BCUT2D eigenvalue weighted by molar-refractivity contribution is 0.667. The molecule has 0 spiro atoms. The van der Waals surface area contributed by atoms with Crippen LogP contribution in [0.15, 0.2) is 12.6 Å². The summed E-state index contributed by atoms with van der Waals surface area (Å²) in [6.07, 6.45) is 6.37. The third-order valence-corrected chi connectivity index (χ3v) is 2.81. The Balaban J connectivity index is 2.52. The first-order valence-corrected chi connectivity index (χ1v) is 5.00. The highest BCUT2D eigenvalue weighted by molar-refractivity contribution is 6.31. The zero-order chi connectivity index (χ0) is 9.26. The SMILES string of the molecule is C=Cc1cc(Cl)c2c(n1)CCCC2. The van der Waals surface area contributed by atoms with Crippen LogP contribution in [0.4, 0.5) is 0 Å². The third-order valence-electron chi connectivity index (χ3n) is 2.47. The zero-order valence-corrected chi connectivity index (χ0v) is 8.27. The lowest BCUT2D eigenvalue weighted by Gasteiger charge is -2.16. The number of rotatable bonds is 1. The summed E-state index contributed by atoms with van der Waals surface area (Å²) in [5, 5.41) is 0.861. The monoisotopic (exact) mass is 193 g/mol. The average molecular weight is 194 g/mol. The minimum Gasteiger partial charge on any atom is -0.253 e. The van der Waals surface area contributed by atoms with Gasteiger partial charge in [-0.1, -0.05) is 18.2 Å². The van der Waals surface area contributed by atoms with E-state index in [1.807, 2.05) is 6.07 Å². The molecule has 1 nitrogen and oxygen atoms in total. The van der Waals surface area contributed by atoms with Crippen molar-refractivity contribution in [3.8, 4) is 0 Å². The maximum absolute atomic E-state index is 6.14. The summed E-state index contributed by atoms with van der Waals surface area (Å²) in [6.45, 7) is 3.70. The van der Waals surface area contributed by atoms with Crippen LogP contribution in [0.5, 0.6) is 0 Å². The molecule has 0 N–H and O–H groups in total. The van der Waals surface area contributed by atoms with Gasteiger partial charge in [-0.05, 0) is 43.4 Å². The van der Waals surface area contributed by atoms with Crippen LogP contribution < -0.4 is 0 Å². The Hall–Kier alpha value is -0.820. The summed E-state index contributed by atoms with van der Waals surface area (Å²) in [5.74, 6) is 0. The van der Waals surface area contributed by atoms with Crippen LogP contribution >= 0.6 is 11.6 Å². The molecule has 0 atom stereocenters. The van der Waals surface area contributed by atoms with Gasteiger partial charge in [-0.25, -0.2) is 0 Å². The van der Waals surface area contributed by atoms with E-state index in [1.54, 1.807) is 6.08 Å². The van der Waals surface area contributed by atoms with Crippen molar-refractivity contribution in [2.75, 3.05) is 0 Å². The largest absolute Gasteiger partial charge is 0.253 e. The molecule has 0 fully saturated rings. The van der Waals surface area contributed by atoms with Gasteiger partial charge in [0.2, 0.25) is 0 Å². The van der Waals surface area contributed by atoms with Gasteiger partial charge >= 0.3 is 0 Å². The van der Waals surface area contributed by atoms with E-state index in [0.29, 0.717) is 0 Å². The van der Waals surface area contributed by atoms with Gasteiger partial charge in [-0.2, -0.15) is 0 Å². The Morgan fingerprint density at radius 1 is 1.38 bits per heavy atom. The quantitative estimate of drug-likeness (QED) is 0.667. The molecule has 0 unspecified atom stereocenters. The molecular formula is C11H12ClN. The minimum absolute atomic E-state index is 0.861. The fraction of sp³-hybridized carbons (Fsp3) is 0.364. The van der Waals surface area contributed by atoms with Gasteiger partial charge in [0.05, 0.1) is 5.69 Å². The van der Waals surface area contributed by atoms with E-state index in [0.717, 1.165) is 23.6 Å². The van der Waals surface area contributed by atoms with Gasteiger partial charge in [0, 0.05) is 10.7 Å². The van der Waals surface area contributed by atoms with Crippen molar-refractivity contribution < 1.29 is 0 Å². The molecule has 1 aliphatic carbocycles. The Morgan fingerprint density at radius 3 is 2.92 bits per heavy atom. The number of hydrogen-bond acceptors (Lipinski definition) is 1. The smallest absolute Gasteiger partial charge is 0.0642 e. The Bertz CT molecular complexity index is 344. The highest BCUT2D eigenvalue weighted by atomic mass is 35.5. The second kappa shape index (κ2) is 3.51. The van der Waals surface area contributed by atoms with Gasteiger partial charge in [0.25, 0.3) is 0 Å². The van der Waals surface area contributed by atoms with Crippen LogP contribution in [-0.4, -0.2) is 4.98 Å². The van der Waals surface area contributed by atoms with Crippen LogP contribution in [0.3, 0.4) is 0 Å². The van der Waals surface area contributed by atoms with Gasteiger partial charge in [-0.15, -0.1) is 0 Å².